The molecule has 1 N–H and O–H groups in total. The monoisotopic (exact) mass is 287 g/mol. The third kappa shape index (κ3) is 2.95. The maximum Gasteiger partial charge on any atom is 0.118 e. The highest BCUT2D eigenvalue weighted by molar-refractivity contribution is 5.30. The fourth-order valence-electron chi connectivity index (χ4n) is 2.78. The molecule has 0 saturated carbocycles. The Morgan fingerprint density at radius 2 is 1.76 bits per heavy atom. The van der Waals surface area contributed by atoms with Gasteiger partial charge in [-0.25, -0.2) is 0 Å². The molecule has 0 saturated heterocycles. The van der Waals surface area contributed by atoms with E-state index in [-0.39, 0.29) is 12.1 Å². The van der Waals surface area contributed by atoms with E-state index in [0.717, 1.165) is 11.4 Å². The van der Waals surface area contributed by atoms with Crippen molar-refractivity contribution in [3.8, 4) is 5.75 Å². The van der Waals surface area contributed by atoms with Gasteiger partial charge in [-0.3, -0.25) is 4.68 Å². The summed E-state index contributed by atoms with van der Waals surface area (Å²) in [6, 6.07) is 8.64. The van der Waals surface area contributed by atoms with E-state index < -0.39 is 0 Å². The van der Waals surface area contributed by atoms with Crippen LogP contribution in [0.3, 0.4) is 0 Å². The maximum absolute atomic E-state index is 5.23. The maximum atomic E-state index is 5.23. The third-order valence-corrected chi connectivity index (χ3v) is 4.34. The summed E-state index contributed by atoms with van der Waals surface area (Å²) >= 11 is 0. The first-order valence-corrected chi connectivity index (χ1v) is 7.33. The van der Waals surface area contributed by atoms with E-state index >= 15 is 0 Å². The molecular formula is C17H25N3O. The van der Waals surface area contributed by atoms with Crippen LogP contribution in [0.1, 0.15) is 41.5 Å². The minimum absolute atomic E-state index is 0.202. The van der Waals surface area contributed by atoms with Crippen LogP contribution in [0.5, 0.6) is 5.75 Å². The second-order valence-corrected chi connectivity index (χ2v) is 5.52. The lowest BCUT2D eigenvalue weighted by Crippen LogP contribution is -2.27. The Morgan fingerprint density at radius 1 is 1.14 bits per heavy atom. The number of methoxy groups -OCH3 is 1. The molecule has 1 aromatic carbocycles. The van der Waals surface area contributed by atoms with E-state index in [1.165, 1.54) is 16.8 Å². The van der Waals surface area contributed by atoms with Crippen LogP contribution in [-0.2, 0) is 0 Å². The molecule has 0 spiro atoms. The third-order valence-electron chi connectivity index (χ3n) is 4.34. The molecular weight excluding hydrogens is 262 g/mol. The molecule has 114 valence electrons. The zero-order valence-corrected chi connectivity index (χ0v) is 13.8. The lowest BCUT2D eigenvalue weighted by Gasteiger charge is -2.25. The largest absolute Gasteiger partial charge is 0.497 e. The van der Waals surface area contributed by atoms with Gasteiger partial charge in [0.2, 0.25) is 0 Å². The van der Waals surface area contributed by atoms with Crippen LogP contribution < -0.4 is 10.1 Å². The van der Waals surface area contributed by atoms with Crippen molar-refractivity contribution in [2.45, 2.75) is 39.8 Å². The molecule has 0 bridgehead atoms. The van der Waals surface area contributed by atoms with Crippen LogP contribution in [0.2, 0.25) is 0 Å². The van der Waals surface area contributed by atoms with Crippen LogP contribution in [0.15, 0.2) is 24.3 Å². The Balaban J connectivity index is 2.33. The number of rotatable bonds is 5. The van der Waals surface area contributed by atoms with E-state index in [0.29, 0.717) is 0 Å². The number of benzene rings is 1. The van der Waals surface area contributed by atoms with Crippen molar-refractivity contribution in [2.75, 3.05) is 14.2 Å². The molecule has 4 nitrogen and oxygen atoms in total. The zero-order chi connectivity index (χ0) is 15.6. The van der Waals surface area contributed by atoms with Gasteiger partial charge in [0.25, 0.3) is 0 Å². The van der Waals surface area contributed by atoms with Gasteiger partial charge in [-0.1, -0.05) is 12.1 Å². The van der Waals surface area contributed by atoms with Crippen molar-refractivity contribution in [1.29, 1.82) is 0 Å². The minimum Gasteiger partial charge on any atom is -0.497 e. The quantitative estimate of drug-likeness (QED) is 0.916. The number of likely N-dealkylation sites (N-methyl/N-ethyl adjacent to an activating group) is 1. The molecule has 0 aliphatic rings. The van der Waals surface area contributed by atoms with Crippen molar-refractivity contribution in [1.82, 2.24) is 15.1 Å². The predicted molar refractivity (Wildman–Crippen MR) is 85.9 cm³/mol. The summed E-state index contributed by atoms with van der Waals surface area (Å²) in [6.07, 6.45) is 0. The van der Waals surface area contributed by atoms with E-state index in [4.69, 9.17) is 4.74 Å². The lowest BCUT2D eigenvalue weighted by atomic mass is 10.0. The van der Waals surface area contributed by atoms with Gasteiger partial charge in [-0.2, -0.15) is 5.10 Å². The molecule has 1 heterocycles. The summed E-state index contributed by atoms with van der Waals surface area (Å²) < 4.78 is 7.35. The molecule has 2 atom stereocenters. The number of ether oxygens (including phenoxy) is 1. The Labute approximate surface area is 127 Å². The number of aromatic nitrogens is 2. The van der Waals surface area contributed by atoms with Crippen molar-refractivity contribution in [3.05, 3.63) is 46.8 Å². The highest BCUT2D eigenvalue weighted by Crippen LogP contribution is 2.29. The summed E-state index contributed by atoms with van der Waals surface area (Å²) in [6.45, 7) is 8.52. The van der Waals surface area contributed by atoms with Crippen molar-refractivity contribution < 1.29 is 4.74 Å². The molecule has 2 aromatic rings. The van der Waals surface area contributed by atoms with Crippen LogP contribution in [0, 0.1) is 20.8 Å². The van der Waals surface area contributed by atoms with Crippen molar-refractivity contribution >= 4 is 0 Å². The Morgan fingerprint density at radius 3 is 2.19 bits per heavy atom. The molecule has 2 rings (SSSR count). The second-order valence-electron chi connectivity index (χ2n) is 5.52. The first kappa shape index (κ1) is 15.6. The van der Waals surface area contributed by atoms with Gasteiger partial charge >= 0.3 is 0 Å². The van der Waals surface area contributed by atoms with Gasteiger partial charge in [0.15, 0.2) is 0 Å². The molecule has 0 aliphatic heterocycles. The number of hydrogen-bond acceptors (Lipinski definition) is 3. The molecule has 4 heteroatoms. The second kappa shape index (κ2) is 6.31. The van der Waals surface area contributed by atoms with Crippen molar-refractivity contribution in [2.24, 2.45) is 0 Å². The minimum atomic E-state index is 0.202. The van der Waals surface area contributed by atoms with Crippen molar-refractivity contribution in [3.63, 3.8) is 0 Å². The highest BCUT2D eigenvalue weighted by Gasteiger charge is 2.22. The topological polar surface area (TPSA) is 39.1 Å². The number of hydrogen-bond donors (Lipinski definition) is 1. The van der Waals surface area contributed by atoms with Gasteiger partial charge in [0.1, 0.15) is 5.75 Å². The molecule has 0 aliphatic carbocycles. The first-order chi connectivity index (χ1) is 9.99. The van der Waals surface area contributed by atoms with Crippen LogP contribution in [0.4, 0.5) is 0 Å². The fourth-order valence-corrected chi connectivity index (χ4v) is 2.78. The molecule has 21 heavy (non-hydrogen) atoms. The highest BCUT2D eigenvalue weighted by atomic mass is 16.5. The Hall–Kier alpha value is -1.81. The molecule has 0 fully saturated rings. The summed E-state index contributed by atoms with van der Waals surface area (Å²) in [5.74, 6) is 0.878. The zero-order valence-electron chi connectivity index (χ0n) is 13.8. The van der Waals surface area contributed by atoms with Gasteiger partial charge in [0, 0.05) is 5.69 Å². The van der Waals surface area contributed by atoms with E-state index in [1.807, 2.05) is 19.2 Å². The summed E-state index contributed by atoms with van der Waals surface area (Å²) in [5, 5.41) is 8.10. The smallest absolute Gasteiger partial charge is 0.118 e. The fraction of sp³-hybridized carbons (Fsp3) is 0.471. The number of nitrogens with one attached hydrogen (secondary N) is 1. The normalized spacial score (nSPS) is 14.0. The van der Waals surface area contributed by atoms with Crippen LogP contribution in [-0.4, -0.2) is 23.9 Å². The number of aryl methyl sites for hydroxylation is 1. The summed E-state index contributed by atoms with van der Waals surface area (Å²) in [5.41, 5.74) is 4.83. The lowest BCUT2D eigenvalue weighted by molar-refractivity contribution is 0.364. The summed E-state index contributed by atoms with van der Waals surface area (Å²) in [4.78, 5) is 0. The molecule has 0 radical (unpaired) electrons. The SMILES string of the molecule is CNC(c1ccc(OC)cc1)C(C)n1nc(C)c(C)c1C. The van der Waals surface area contributed by atoms with E-state index in [1.54, 1.807) is 7.11 Å². The average Bonchev–Trinajstić information content (AvgIpc) is 2.76. The van der Waals surface area contributed by atoms with E-state index in [2.05, 4.69) is 54.9 Å². The molecule has 1 aromatic heterocycles. The Kier molecular flexibility index (Phi) is 4.68. The molecule has 2 unspecified atom stereocenters. The van der Waals surface area contributed by atoms with E-state index in [9.17, 15) is 0 Å². The molecule has 0 amide bonds. The van der Waals surface area contributed by atoms with Gasteiger partial charge in [-0.05, 0) is 58.0 Å². The Bertz CT molecular complexity index is 601. The van der Waals surface area contributed by atoms with Gasteiger partial charge < -0.3 is 10.1 Å². The van der Waals surface area contributed by atoms with Crippen LogP contribution in [0.25, 0.3) is 0 Å². The van der Waals surface area contributed by atoms with Gasteiger partial charge in [-0.15, -0.1) is 0 Å². The number of nitrogens with zero attached hydrogens (tertiary/aromatic N) is 2. The van der Waals surface area contributed by atoms with Gasteiger partial charge in [0.05, 0.1) is 24.9 Å². The average molecular weight is 287 g/mol. The predicted octanol–water partition coefficient (Wildman–Crippen LogP) is 3.34. The first-order valence-electron chi connectivity index (χ1n) is 7.33. The standard InChI is InChI=1S/C17H25N3O/c1-11-12(2)19-20(13(11)3)14(4)17(18-5)15-7-9-16(21-6)10-8-15/h7-10,14,17-18H,1-6H3. The van der Waals surface area contributed by atoms with Crippen LogP contribution >= 0.6 is 0 Å². The summed E-state index contributed by atoms with van der Waals surface area (Å²) in [7, 11) is 3.68.